The van der Waals surface area contributed by atoms with Crippen molar-refractivity contribution < 1.29 is 28.8 Å². The molecule has 0 bridgehead atoms. The van der Waals surface area contributed by atoms with E-state index in [2.05, 4.69) is 17.2 Å². The summed E-state index contributed by atoms with van der Waals surface area (Å²) in [6.07, 6.45) is 10.6. The number of aromatic nitrogens is 2. The largest absolute Gasteiger partial charge is 0.396 e. The van der Waals surface area contributed by atoms with Gasteiger partial charge in [0.2, 0.25) is 0 Å². The minimum absolute atomic E-state index is 0.0298. The van der Waals surface area contributed by atoms with Gasteiger partial charge in [0.15, 0.2) is 23.1 Å². The number of allylic oxidation sites excluding steroid dienone is 1. The number of unbranched alkanes of at least 4 members (excludes halogenated alkanes) is 3. The number of ketones is 2. The Balaban J connectivity index is 0.000000231. The third-order valence-corrected chi connectivity index (χ3v) is 8.34. The molecule has 0 aliphatic carbocycles. The molecule has 4 heterocycles. The van der Waals surface area contributed by atoms with E-state index in [1.807, 2.05) is 54.1 Å². The summed E-state index contributed by atoms with van der Waals surface area (Å²) >= 11 is 3.12. The molecule has 2 N–H and O–H groups in total. The molecule has 2 unspecified atom stereocenters. The van der Waals surface area contributed by atoms with Crippen molar-refractivity contribution in [2.75, 3.05) is 13.2 Å². The van der Waals surface area contributed by atoms with E-state index in [0.29, 0.717) is 48.1 Å². The summed E-state index contributed by atoms with van der Waals surface area (Å²) in [7, 11) is 0. The number of nitrogens with zero attached hydrogens (tertiary/aromatic N) is 2. The molecule has 0 saturated carbocycles. The van der Waals surface area contributed by atoms with Gasteiger partial charge in [0.25, 0.3) is 0 Å². The molecule has 0 saturated heterocycles. The van der Waals surface area contributed by atoms with Crippen molar-refractivity contribution in [1.29, 1.82) is 0 Å². The van der Waals surface area contributed by atoms with Crippen LogP contribution in [0.25, 0.3) is 21.3 Å². The lowest BCUT2D eigenvalue weighted by atomic mass is 10.0. The van der Waals surface area contributed by atoms with E-state index in [1.54, 1.807) is 34.8 Å². The Morgan fingerprint density at radius 1 is 0.833 bits per heavy atom. The van der Waals surface area contributed by atoms with Gasteiger partial charge in [-0.15, -0.1) is 22.7 Å². The second-order valence-electron chi connectivity index (χ2n) is 10.3. The van der Waals surface area contributed by atoms with Crippen LogP contribution in [0.1, 0.15) is 86.2 Å². The normalized spacial score (nSPS) is 12.7. The predicted octanol–water partition coefficient (Wildman–Crippen LogP) is 8.11. The lowest BCUT2D eigenvalue weighted by Gasteiger charge is -2.06. The van der Waals surface area contributed by atoms with Crippen molar-refractivity contribution in [2.24, 2.45) is 11.8 Å². The van der Waals surface area contributed by atoms with Gasteiger partial charge in [-0.2, -0.15) is 0 Å². The quantitative estimate of drug-likeness (QED) is 0.0696. The Bertz CT molecular complexity index is 1340. The molecule has 0 radical (unpaired) electrons. The minimum Gasteiger partial charge on any atom is -0.396 e. The Labute approximate surface area is 255 Å². The lowest BCUT2D eigenvalue weighted by Crippen LogP contribution is -2.00. The van der Waals surface area contributed by atoms with Gasteiger partial charge in [-0.25, -0.2) is 0 Å². The predicted molar refractivity (Wildman–Crippen MR) is 167 cm³/mol. The number of Topliss-reactive ketones (excluding diaryl/α,β-unsaturated/α-hetero) is 2. The van der Waals surface area contributed by atoms with Gasteiger partial charge in [0, 0.05) is 38.2 Å². The zero-order valence-corrected chi connectivity index (χ0v) is 25.9. The maximum absolute atomic E-state index is 12.1. The van der Waals surface area contributed by atoms with Crippen molar-refractivity contribution in [3.8, 4) is 21.3 Å². The number of aliphatic hydroxyl groups excluding tert-OH is 2. The molecule has 0 amide bonds. The molecular weight excluding hydrogens is 572 g/mol. The van der Waals surface area contributed by atoms with E-state index in [4.69, 9.17) is 19.3 Å². The number of thiophene rings is 2. The molecule has 4 aromatic rings. The van der Waals surface area contributed by atoms with Crippen LogP contribution in [0.2, 0.25) is 0 Å². The fourth-order valence-corrected chi connectivity index (χ4v) is 5.31. The average Bonchev–Trinajstić information content (AvgIpc) is 3.83. The standard InChI is InChI=1S/C17H23NO3S.C15H17NO3S/c1-13(12-19)7-4-2-3-5-8-15(20)14-11-16(21-18-14)17-9-6-10-22-17;1-11(10-17)5-2-3-6-13(18)12-9-14(19-16-12)15-7-4-8-20-15/h6,9-11,13,19H,2-5,7-8,12H2,1H3;2,4-5,7-9,11,17H,3,6,10H2,1H3/b;5-2+. The lowest BCUT2D eigenvalue weighted by molar-refractivity contribution is 0.0964. The van der Waals surface area contributed by atoms with Gasteiger partial charge < -0.3 is 19.3 Å². The highest BCUT2D eigenvalue weighted by Gasteiger charge is 2.15. The Morgan fingerprint density at radius 2 is 1.40 bits per heavy atom. The first-order valence-corrected chi connectivity index (χ1v) is 16.1. The molecular formula is C32H40N2O6S2. The van der Waals surface area contributed by atoms with E-state index >= 15 is 0 Å². The first kappa shape index (κ1) is 33.3. The maximum Gasteiger partial charge on any atom is 0.185 e. The van der Waals surface area contributed by atoms with Crippen LogP contribution >= 0.6 is 22.7 Å². The monoisotopic (exact) mass is 612 g/mol. The van der Waals surface area contributed by atoms with Crippen molar-refractivity contribution in [3.05, 3.63) is 70.7 Å². The first-order valence-electron chi connectivity index (χ1n) is 14.4. The molecule has 42 heavy (non-hydrogen) atoms. The van der Waals surface area contributed by atoms with E-state index in [1.165, 1.54) is 0 Å². The second-order valence-corrected chi connectivity index (χ2v) is 12.2. The Kier molecular flexibility index (Phi) is 14.6. The molecule has 4 rings (SSSR count). The van der Waals surface area contributed by atoms with Crippen LogP contribution in [0.15, 0.2) is 68.4 Å². The van der Waals surface area contributed by atoms with E-state index in [9.17, 15) is 9.59 Å². The summed E-state index contributed by atoms with van der Waals surface area (Å²) in [6.45, 7) is 4.36. The minimum atomic E-state index is -0.0298. The smallest absolute Gasteiger partial charge is 0.185 e. The fourth-order valence-electron chi connectivity index (χ4n) is 3.97. The molecule has 8 nitrogen and oxygen atoms in total. The Hall–Kier alpha value is -3.18. The molecule has 0 aromatic carbocycles. The van der Waals surface area contributed by atoms with E-state index in [-0.39, 0.29) is 30.7 Å². The highest BCUT2D eigenvalue weighted by atomic mass is 32.1. The molecule has 0 fully saturated rings. The highest BCUT2D eigenvalue weighted by Crippen LogP contribution is 2.26. The summed E-state index contributed by atoms with van der Waals surface area (Å²) in [4.78, 5) is 26.0. The van der Waals surface area contributed by atoms with Crippen molar-refractivity contribution in [3.63, 3.8) is 0 Å². The Morgan fingerprint density at radius 3 is 1.93 bits per heavy atom. The molecule has 4 aromatic heterocycles. The third kappa shape index (κ3) is 11.2. The van der Waals surface area contributed by atoms with Crippen molar-refractivity contribution in [2.45, 2.75) is 65.2 Å². The second kappa shape index (κ2) is 18.4. The molecule has 0 aliphatic rings. The number of carbonyl (C=O) groups excluding carboxylic acids is 2. The number of rotatable bonds is 17. The van der Waals surface area contributed by atoms with E-state index in [0.717, 1.165) is 41.9 Å². The molecule has 2 atom stereocenters. The van der Waals surface area contributed by atoms with Gasteiger partial charge in [0.1, 0.15) is 11.4 Å². The number of hydrogen-bond acceptors (Lipinski definition) is 10. The number of aliphatic hydroxyl groups is 2. The topological polar surface area (TPSA) is 127 Å². The number of carbonyl (C=O) groups is 2. The summed E-state index contributed by atoms with van der Waals surface area (Å²) in [6, 6.07) is 11.2. The van der Waals surface area contributed by atoms with Crippen LogP contribution in [0, 0.1) is 11.8 Å². The SMILES string of the molecule is CC(/C=C/CCC(=O)c1cc(-c2cccs2)on1)CO.CC(CO)CCCCCCC(=O)c1cc(-c2cccs2)on1. The first-order chi connectivity index (χ1) is 20.4. The van der Waals surface area contributed by atoms with Crippen LogP contribution in [0.3, 0.4) is 0 Å². The van der Waals surface area contributed by atoms with Gasteiger partial charge >= 0.3 is 0 Å². The number of hydrogen-bond donors (Lipinski definition) is 2. The third-order valence-electron chi connectivity index (χ3n) is 6.57. The van der Waals surface area contributed by atoms with Crippen molar-refractivity contribution in [1.82, 2.24) is 10.3 Å². The highest BCUT2D eigenvalue weighted by molar-refractivity contribution is 7.13. The molecule has 226 valence electrons. The van der Waals surface area contributed by atoms with Gasteiger partial charge in [-0.1, -0.05) is 67.7 Å². The summed E-state index contributed by atoms with van der Waals surface area (Å²) < 4.78 is 10.4. The van der Waals surface area contributed by atoms with E-state index < -0.39 is 0 Å². The maximum atomic E-state index is 12.1. The zero-order valence-electron chi connectivity index (χ0n) is 24.2. The van der Waals surface area contributed by atoms with Gasteiger partial charge in [0.05, 0.1) is 9.75 Å². The summed E-state index contributed by atoms with van der Waals surface area (Å²) in [5.41, 5.74) is 0.800. The molecule has 0 spiro atoms. The molecule has 10 heteroatoms. The van der Waals surface area contributed by atoms with Crippen LogP contribution in [0.5, 0.6) is 0 Å². The molecule has 0 aliphatic heterocycles. The van der Waals surface area contributed by atoms with Crippen LogP contribution < -0.4 is 0 Å². The average molecular weight is 613 g/mol. The van der Waals surface area contributed by atoms with Gasteiger partial charge in [-0.3, -0.25) is 9.59 Å². The van der Waals surface area contributed by atoms with Crippen LogP contribution in [0.4, 0.5) is 0 Å². The summed E-state index contributed by atoms with van der Waals surface area (Å²) in [5, 5.41) is 29.4. The fraction of sp³-hybridized carbons (Fsp3) is 0.438. The van der Waals surface area contributed by atoms with Crippen LogP contribution in [-0.2, 0) is 0 Å². The van der Waals surface area contributed by atoms with Gasteiger partial charge in [-0.05, 0) is 54.0 Å². The van der Waals surface area contributed by atoms with Crippen molar-refractivity contribution >= 4 is 34.2 Å². The zero-order chi connectivity index (χ0) is 30.2. The summed E-state index contributed by atoms with van der Waals surface area (Å²) in [5.74, 6) is 1.83. The van der Waals surface area contributed by atoms with Crippen LogP contribution in [-0.4, -0.2) is 45.3 Å².